The van der Waals surface area contributed by atoms with Gasteiger partial charge in [0.2, 0.25) is 11.2 Å². The molecule has 0 unspecified atom stereocenters. The van der Waals surface area contributed by atoms with Crippen molar-refractivity contribution in [2.45, 2.75) is 26.0 Å². The third kappa shape index (κ3) is 3.63. The van der Waals surface area contributed by atoms with Crippen molar-refractivity contribution in [1.29, 1.82) is 0 Å². The van der Waals surface area contributed by atoms with Crippen LogP contribution in [-0.2, 0) is 13.2 Å². The molecule has 23 heavy (non-hydrogen) atoms. The second-order valence-corrected chi connectivity index (χ2v) is 5.36. The van der Waals surface area contributed by atoms with Crippen molar-refractivity contribution < 1.29 is 14.3 Å². The van der Waals surface area contributed by atoms with Gasteiger partial charge in [-0.05, 0) is 30.4 Å². The lowest BCUT2D eigenvalue weighted by Gasteiger charge is -2.07. The number of fused-ring (bicyclic) bond motifs is 1. The standard InChI is InChI=1S/C18H19NO4/c20-12-15-11-17(21)18(13-23-15)22-10-4-3-8-19-9-7-14-5-1-2-6-16(14)19/h1-2,5-7,9,11,13,20H,3-4,8,10,12H2. The number of unbranched alkanes of at least 4 members (excludes halogenated alkanes) is 1. The summed E-state index contributed by atoms with van der Waals surface area (Å²) >= 11 is 0. The number of aliphatic hydroxyl groups is 1. The summed E-state index contributed by atoms with van der Waals surface area (Å²) in [6.45, 7) is 1.08. The number of aromatic nitrogens is 1. The van der Waals surface area contributed by atoms with Gasteiger partial charge in [-0.15, -0.1) is 0 Å². The maximum absolute atomic E-state index is 11.7. The normalized spacial score (nSPS) is 11.0. The number of benzene rings is 1. The zero-order chi connectivity index (χ0) is 16.1. The van der Waals surface area contributed by atoms with Crippen molar-refractivity contribution in [3.05, 3.63) is 64.8 Å². The van der Waals surface area contributed by atoms with Gasteiger partial charge < -0.3 is 18.8 Å². The molecule has 1 aromatic carbocycles. The number of ether oxygens (including phenoxy) is 1. The minimum atomic E-state index is -0.291. The predicted molar refractivity (Wildman–Crippen MR) is 87.6 cm³/mol. The summed E-state index contributed by atoms with van der Waals surface area (Å²) in [5.41, 5.74) is 0.963. The fourth-order valence-corrected chi connectivity index (χ4v) is 2.53. The Morgan fingerprint density at radius 3 is 2.87 bits per heavy atom. The lowest BCUT2D eigenvalue weighted by Crippen LogP contribution is -2.09. The van der Waals surface area contributed by atoms with E-state index in [1.165, 1.54) is 23.2 Å². The molecule has 0 bridgehead atoms. The van der Waals surface area contributed by atoms with E-state index in [1.54, 1.807) is 0 Å². The number of hydrogen-bond acceptors (Lipinski definition) is 4. The molecule has 0 aliphatic heterocycles. The second kappa shape index (κ2) is 7.15. The van der Waals surface area contributed by atoms with E-state index in [9.17, 15) is 4.79 Å². The maximum Gasteiger partial charge on any atom is 0.227 e. The Balaban J connectivity index is 1.48. The molecule has 0 aliphatic rings. The second-order valence-electron chi connectivity index (χ2n) is 5.36. The van der Waals surface area contributed by atoms with Crippen LogP contribution in [0.5, 0.6) is 5.75 Å². The van der Waals surface area contributed by atoms with Gasteiger partial charge in [0.05, 0.1) is 6.61 Å². The van der Waals surface area contributed by atoms with Crippen molar-refractivity contribution in [2.24, 2.45) is 0 Å². The Kier molecular flexibility index (Phi) is 4.78. The fraction of sp³-hybridized carbons (Fsp3) is 0.278. The number of hydrogen-bond donors (Lipinski definition) is 1. The highest BCUT2D eigenvalue weighted by molar-refractivity contribution is 5.79. The molecule has 5 nitrogen and oxygen atoms in total. The van der Waals surface area contributed by atoms with Crippen molar-refractivity contribution >= 4 is 10.9 Å². The van der Waals surface area contributed by atoms with Crippen LogP contribution < -0.4 is 10.2 Å². The SMILES string of the molecule is O=c1cc(CO)occ1OCCCCn1ccc2ccccc21. The van der Waals surface area contributed by atoms with Gasteiger partial charge >= 0.3 is 0 Å². The topological polar surface area (TPSA) is 64.6 Å². The number of rotatable bonds is 7. The molecule has 3 rings (SSSR count). The van der Waals surface area contributed by atoms with Gasteiger partial charge in [-0.25, -0.2) is 0 Å². The van der Waals surface area contributed by atoms with E-state index in [1.807, 2.05) is 12.1 Å². The summed E-state index contributed by atoms with van der Waals surface area (Å²) in [7, 11) is 0. The molecule has 0 saturated carbocycles. The van der Waals surface area contributed by atoms with Crippen LogP contribution in [0.2, 0.25) is 0 Å². The first-order chi connectivity index (χ1) is 11.3. The molecule has 3 aromatic rings. The van der Waals surface area contributed by atoms with Gasteiger partial charge in [-0.2, -0.15) is 0 Å². The Morgan fingerprint density at radius 1 is 1.17 bits per heavy atom. The van der Waals surface area contributed by atoms with E-state index in [-0.39, 0.29) is 23.5 Å². The van der Waals surface area contributed by atoms with Crippen LogP contribution in [0.4, 0.5) is 0 Å². The number of para-hydroxylation sites is 1. The highest BCUT2D eigenvalue weighted by Crippen LogP contribution is 2.15. The summed E-state index contributed by atoms with van der Waals surface area (Å²) in [5.74, 6) is 0.426. The Bertz CT molecular complexity index is 834. The average Bonchev–Trinajstić information content (AvgIpc) is 2.99. The van der Waals surface area contributed by atoms with E-state index < -0.39 is 0 Å². The monoisotopic (exact) mass is 313 g/mol. The zero-order valence-electron chi connectivity index (χ0n) is 12.8. The van der Waals surface area contributed by atoms with Crippen molar-refractivity contribution in [3.63, 3.8) is 0 Å². The minimum absolute atomic E-state index is 0.189. The van der Waals surface area contributed by atoms with Crippen LogP contribution in [-0.4, -0.2) is 16.3 Å². The molecule has 0 aliphatic carbocycles. The summed E-state index contributed by atoms with van der Waals surface area (Å²) < 4.78 is 12.7. The van der Waals surface area contributed by atoms with Crippen LogP contribution in [0.1, 0.15) is 18.6 Å². The molecule has 2 aromatic heterocycles. The molecular weight excluding hydrogens is 294 g/mol. The van der Waals surface area contributed by atoms with Gasteiger partial charge in [-0.3, -0.25) is 4.79 Å². The quantitative estimate of drug-likeness (QED) is 0.681. The van der Waals surface area contributed by atoms with Crippen LogP contribution >= 0.6 is 0 Å². The van der Waals surface area contributed by atoms with Crippen LogP contribution in [0.3, 0.4) is 0 Å². The van der Waals surface area contributed by atoms with E-state index in [0.717, 1.165) is 19.4 Å². The molecule has 5 heteroatoms. The van der Waals surface area contributed by atoms with Crippen LogP contribution in [0, 0.1) is 0 Å². The summed E-state index contributed by atoms with van der Waals surface area (Å²) in [6.07, 6.45) is 5.15. The number of aryl methyl sites for hydroxylation is 1. The summed E-state index contributed by atoms with van der Waals surface area (Å²) in [5, 5.41) is 10.1. The van der Waals surface area contributed by atoms with E-state index >= 15 is 0 Å². The van der Waals surface area contributed by atoms with E-state index in [2.05, 4.69) is 29.0 Å². The molecule has 0 radical (unpaired) electrons. The molecule has 0 fully saturated rings. The zero-order valence-corrected chi connectivity index (χ0v) is 12.8. The Morgan fingerprint density at radius 2 is 2.04 bits per heavy atom. The molecule has 0 saturated heterocycles. The molecule has 120 valence electrons. The van der Waals surface area contributed by atoms with E-state index in [0.29, 0.717) is 6.61 Å². The van der Waals surface area contributed by atoms with Crippen molar-refractivity contribution in [2.75, 3.05) is 6.61 Å². The van der Waals surface area contributed by atoms with Crippen LogP contribution in [0.25, 0.3) is 10.9 Å². The predicted octanol–water partition coefficient (Wildman–Crippen LogP) is 2.95. The highest BCUT2D eigenvalue weighted by atomic mass is 16.5. The summed E-state index contributed by atoms with van der Waals surface area (Å²) in [6, 6.07) is 11.6. The van der Waals surface area contributed by atoms with Gasteiger partial charge in [0.15, 0.2) is 0 Å². The largest absolute Gasteiger partial charge is 0.487 e. The van der Waals surface area contributed by atoms with Crippen molar-refractivity contribution in [3.8, 4) is 5.75 Å². The maximum atomic E-state index is 11.7. The third-order valence-corrected chi connectivity index (χ3v) is 3.74. The lowest BCUT2D eigenvalue weighted by molar-refractivity contribution is 0.236. The molecule has 0 spiro atoms. The molecule has 0 atom stereocenters. The van der Waals surface area contributed by atoms with Gasteiger partial charge in [0, 0.05) is 24.3 Å². The summed E-state index contributed by atoms with van der Waals surface area (Å²) in [4.78, 5) is 11.7. The molecule has 2 heterocycles. The number of aliphatic hydroxyl groups excluding tert-OH is 1. The first-order valence-electron chi connectivity index (χ1n) is 7.67. The fourth-order valence-electron chi connectivity index (χ4n) is 2.53. The lowest BCUT2D eigenvalue weighted by atomic mass is 10.2. The third-order valence-electron chi connectivity index (χ3n) is 3.74. The highest BCUT2D eigenvalue weighted by Gasteiger charge is 2.04. The van der Waals surface area contributed by atoms with Crippen LogP contribution in [0.15, 0.2) is 58.1 Å². The molecule has 1 N–H and O–H groups in total. The first-order valence-corrected chi connectivity index (χ1v) is 7.67. The van der Waals surface area contributed by atoms with Gasteiger partial charge in [0.1, 0.15) is 18.6 Å². The van der Waals surface area contributed by atoms with E-state index in [4.69, 9.17) is 14.3 Å². The average molecular weight is 313 g/mol. The molecule has 0 amide bonds. The van der Waals surface area contributed by atoms with Gasteiger partial charge in [0.25, 0.3) is 0 Å². The van der Waals surface area contributed by atoms with Gasteiger partial charge in [-0.1, -0.05) is 18.2 Å². The van der Waals surface area contributed by atoms with Crippen molar-refractivity contribution in [1.82, 2.24) is 4.57 Å². The Labute approximate surface area is 133 Å². The first kappa shape index (κ1) is 15.4. The smallest absolute Gasteiger partial charge is 0.227 e. The number of nitrogens with zero attached hydrogens (tertiary/aromatic N) is 1. The molecular formula is C18H19NO4. The Hall–Kier alpha value is -2.53. The minimum Gasteiger partial charge on any atom is -0.487 e.